The Bertz CT molecular complexity index is 494. The summed E-state index contributed by atoms with van der Waals surface area (Å²) >= 11 is 1.66. The Morgan fingerprint density at radius 2 is 1.95 bits per heavy atom. The third kappa shape index (κ3) is 4.07. The Morgan fingerprint density at radius 1 is 1.20 bits per heavy atom. The molecule has 2 unspecified atom stereocenters. The Hall–Kier alpha value is -1.36. The fourth-order valence-electron chi connectivity index (χ4n) is 2.02. The summed E-state index contributed by atoms with van der Waals surface area (Å²) in [6.07, 6.45) is 0.809. The molecule has 0 aliphatic rings. The summed E-state index contributed by atoms with van der Waals surface area (Å²) < 4.78 is 11.1. The molecule has 4 heteroatoms. The van der Waals surface area contributed by atoms with Gasteiger partial charge in [-0.2, -0.15) is 11.3 Å². The molecule has 0 radical (unpaired) electrons. The van der Waals surface area contributed by atoms with Crippen molar-refractivity contribution in [3.8, 4) is 5.75 Å². The van der Waals surface area contributed by atoms with Crippen molar-refractivity contribution in [2.24, 2.45) is 5.73 Å². The zero-order chi connectivity index (χ0) is 14.4. The lowest BCUT2D eigenvalue weighted by Gasteiger charge is -2.22. The predicted octanol–water partition coefficient (Wildman–Crippen LogP) is 3.40. The van der Waals surface area contributed by atoms with E-state index in [1.165, 1.54) is 5.56 Å². The topological polar surface area (TPSA) is 44.5 Å². The van der Waals surface area contributed by atoms with Gasteiger partial charge < -0.3 is 15.2 Å². The first-order valence-electron chi connectivity index (χ1n) is 6.73. The molecule has 3 nitrogen and oxygen atoms in total. The van der Waals surface area contributed by atoms with Gasteiger partial charge in [0.1, 0.15) is 11.9 Å². The van der Waals surface area contributed by atoms with Crippen LogP contribution in [-0.2, 0) is 11.2 Å². The number of hydrogen-bond acceptors (Lipinski definition) is 4. The number of rotatable bonds is 7. The Kier molecular flexibility index (Phi) is 5.59. The Morgan fingerprint density at radius 3 is 2.50 bits per heavy atom. The van der Waals surface area contributed by atoms with Crippen LogP contribution < -0.4 is 10.5 Å². The molecule has 0 aliphatic heterocycles. The summed E-state index contributed by atoms with van der Waals surface area (Å²) in [7, 11) is 1.71. The molecule has 0 saturated carbocycles. The van der Waals surface area contributed by atoms with Gasteiger partial charge in [-0.3, -0.25) is 0 Å². The van der Waals surface area contributed by atoms with E-state index in [4.69, 9.17) is 15.2 Å². The van der Waals surface area contributed by atoms with E-state index in [0.29, 0.717) is 0 Å². The average Bonchev–Trinajstić information content (AvgIpc) is 2.97. The van der Waals surface area contributed by atoms with Crippen molar-refractivity contribution in [2.75, 3.05) is 13.7 Å². The molecule has 108 valence electrons. The molecule has 0 spiro atoms. The maximum atomic E-state index is 6.03. The smallest absolute Gasteiger partial charge is 0.139 e. The van der Waals surface area contributed by atoms with Gasteiger partial charge in [0.2, 0.25) is 0 Å². The number of hydrogen-bond donors (Lipinski definition) is 1. The van der Waals surface area contributed by atoms with Crippen LogP contribution in [0.3, 0.4) is 0 Å². The molecule has 0 saturated heterocycles. The molecule has 1 aromatic heterocycles. The largest absolute Gasteiger partial charge is 0.484 e. The monoisotopic (exact) mass is 291 g/mol. The van der Waals surface area contributed by atoms with Gasteiger partial charge in [-0.1, -0.05) is 12.1 Å². The van der Waals surface area contributed by atoms with Crippen LogP contribution in [0, 0.1) is 0 Å². The van der Waals surface area contributed by atoms with Gasteiger partial charge in [0.05, 0.1) is 6.61 Å². The second-order valence-electron chi connectivity index (χ2n) is 4.84. The second kappa shape index (κ2) is 7.43. The first-order chi connectivity index (χ1) is 9.70. The highest BCUT2D eigenvalue weighted by Crippen LogP contribution is 2.26. The van der Waals surface area contributed by atoms with Crippen molar-refractivity contribution < 1.29 is 9.47 Å². The van der Waals surface area contributed by atoms with E-state index in [2.05, 4.69) is 23.6 Å². The lowest BCUT2D eigenvalue weighted by Crippen LogP contribution is -2.28. The van der Waals surface area contributed by atoms with Crippen molar-refractivity contribution in [3.63, 3.8) is 0 Å². The van der Waals surface area contributed by atoms with E-state index in [-0.39, 0.29) is 12.1 Å². The first kappa shape index (κ1) is 15.0. The van der Waals surface area contributed by atoms with E-state index in [9.17, 15) is 0 Å². The van der Waals surface area contributed by atoms with Crippen LogP contribution in [0.25, 0.3) is 0 Å². The van der Waals surface area contributed by atoms with Crippen LogP contribution in [-0.4, -0.2) is 19.8 Å². The third-order valence-electron chi connectivity index (χ3n) is 3.13. The quantitative estimate of drug-likeness (QED) is 0.850. The Labute approximate surface area is 124 Å². The molecule has 2 aromatic rings. The normalized spacial score (nSPS) is 13.9. The molecule has 20 heavy (non-hydrogen) atoms. The zero-order valence-electron chi connectivity index (χ0n) is 11.9. The minimum atomic E-state index is -0.105. The molecule has 0 amide bonds. The van der Waals surface area contributed by atoms with Crippen molar-refractivity contribution in [2.45, 2.75) is 25.5 Å². The van der Waals surface area contributed by atoms with Gasteiger partial charge >= 0.3 is 0 Å². The number of methoxy groups -OCH3 is 1. The summed E-state index contributed by atoms with van der Waals surface area (Å²) in [5, 5.41) is 4.13. The maximum Gasteiger partial charge on any atom is 0.139 e. The van der Waals surface area contributed by atoms with Crippen LogP contribution in [0.4, 0.5) is 0 Å². The van der Waals surface area contributed by atoms with Gasteiger partial charge in [0.15, 0.2) is 0 Å². The van der Waals surface area contributed by atoms with Gasteiger partial charge in [-0.15, -0.1) is 0 Å². The van der Waals surface area contributed by atoms with E-state index in [0.717, 1.165) is 24.3 Å². The fourth-order valence-corrected chi connectivity index (χ4v) is 2.70. The van der Waals surface area contributed by atoms with Gasteiger partial charge in [0.25, 0.3) is 0 Å². The first-order valence-corrected chi connectivity index (χ1v) is 7.67. The number of benzene rings is 1. The van der Waals surface area contributed by atoms with Crippen molar-refractivity contribution >= 4 is 11.3 Å². The van der Waals surface area contributed by atoms with E-state index in [1.807, 2.05) is 24.4 Å². The molecule has 2 atom stereocenters. The summed E-state index contributed by atoms with van der Waals surface area (Å²) in [5.41, 5.74) is 8.41. The molecule has 0 fully saturated rings. The van der Waals surface area contributed by atoms with E-state index in [1.54, 1.807) is 18.4 Å². The second-order valence-corrected chi connectivity index (χ2v) is 5.62. The van der Waals surface area contributed by atoms with Gasteiger partial charge in [-0.25, -0.2) is 0 Å². The summed E-state index contributed by atoms with van der Waals surface area (Å²) in [6, 6.07) is 10.1. The van der Waals surface area contributed by atoms with Gasteiger partial charge in [0, 0.05) is 18.7 Å². The van der Waals surface area contributed by atoms with Crippen LogP contribution in [0.15, 0.2) is 41.1 Å². The Balaban J connectivity index is 2.04. The fraction of sp³-hybridized carbons (Fsp3) is 0.375. The molecule has 1 heterocycles. The molecule has 2 rings (SSSR count). The third-order valence-corrected chi connectivity index (χ3v) is 3.83. The zero-order valence-corrected chi connectivity index (χ0v) is 12.7. The van der Waals surface area contributed by atoms with E-state index >= 15 is 0 Å². The van der Waals surface area contributed by atoms with E-state index < -0.39 is 0 Å². The molecule has 1 aromatic carbocycles. The summed E-state index contributed by atoms with van der Waals surface area (Å²) in [5.74, 6) is 0.847. The highest BCUT2D eigenvalue weighted by molar-refractivity contribution is 7.07. The standard InChI is InChI=1S/C16H21NO2S/c1-12(17)16(14-8-10-20-11-14)19-15-5-3-13(4-6-15)7-9-18-2/h3-6,8,10-12,16H,7,9,17H2,1-2H3. The molecule has 2 N–H and O–H groups in total. The highest BCUT2D eigenvalue weighted by Gasteiger charge is 2.18. The minimum absolute atomic E-state index is 0.0576. The van der Waals surface area contributed by atoms with Gasteiger partial charge in [-0.05, 0) is 47.9 Å². The predicted molar refractivity (Wildman–Crippen MR) is 83.4 cm³/mol. The van der Waals surface area contributed by atoms with Crippen molar-refractivity contribution in [1.82, 2.24) is 0 Å². The van der Waals surface area contributed by atoms with Crippen molar-refractivity contribution in [1.29, 1.82) is 0 Å². The van der Waals surface area contributed by atoms with Crippen LogP contribution in [0.1, 0.15) is 24.2 Å². The maximum absolute atomic E-state index is 6.03. The molecular weight excluding hydrogens is 270 g/mol. The lowest BCUT2D eigenvalue weighted by atomic mass is 10.1. The highest BCUT2D eigenvalue weighted by atomic mass is 32.1. The summed E-state index contributed by atoms with van der Waals surface area (Å²) in [6.45, 7) is 2.70. The van der Waals surface area contributed by atoms with Crippen LogP contribution >= 0.6 is 11.3 Å². The average molecular weight is 291 g/mol. The minimum Gasteiger partial charge on any atom is -0.484 e. The van der Waals surface area contributed by atoms with Crippen LogP contribution in [0.2, 0.25) is 0 Å². The summed E-state index contributed by atoms with van der Waals surface area (Å²) in [4.78, 5) is 0. The SMILES string of the molecule is COCCc1ccc(OC(c2ccsc2)C(C)N)cc1. The molecular formula is C16H21NO2S. The van der Waals surface area contributed by atoms with Crippen molar-refractivity contribution in [3.05, 3.63) is 52.2 Å². The molecule has 0 bridgehead atoms. The number of ether oxygens (including phenoxy) is 2. The lowest BCUT2D eigenvalue weighted by molar-refractivity contribution is 0.181. The number of thiophene rings is 1. The molecule has 0 aliphatic carbocycles. The van der Waals surface area contributed by atoms with Crippen LogP contribution in [0.5, 0.6) is 5.75 Å². The number of nitrogens with two attached hydrogens (primary N) is 1.